The van der Waals surface area contributed by atoms with Crippen molar-refractivity contribution in [2.24, 2.45) is 5.10 Å². The van der Waals surface area contributed by atoms with Crippen LogP contribution in [0.15, 0.2) is 71.8 Å². The van der Waals surface area contributed by atoms with E-state index < -0.39 is 12.2 Å². The highest BCUT2D eigenvalue weighted by Crippen LogP contribution is 2.45. The van der Waals surface area contributed by atoms with Crippen molar-refractivity contribution in [1.29, 1.82) is 0 Å². The summed E-state index contributed by atoms with van der Waals surface area (Å²) in [7, 11) is 0. The first-order valence-corrected chi connectivity index (χ1v) is 13.2. The van der Waals surface area contributed by atoms with E-state index in [0.717, 1.165) is 28.1 Å². The van der Waals surface area contributed by atoms with Crippen LogP contribution in [0.1, 0.15) is 42.7 Å². The Balaban J connectivity index is 1.54. The fraction of sp³-hybridized carbons (Fsp3) is 0.259. The van der Waals surface area contributed by atoms with Gasteiger partial charge in [-0.05, 0) is 36.4 Å². The number of nitrogens with one attached hydrogen (secondary N) is 2. The Bertz CT molecular complexity index is 1290. The second-order valence-corrected chi connectivity index (χ2v) is 9.94. The van der Waals surface area contributed by atoms with Gasteiger partial charge in [-0.25, -0.2) is 0 Å². The Labute approximate surface area is 219 Å². The quantitative estimate of drug-likeness (QED) is 0.400. The number of nitrogens with zero attached hydrogens (tertiary/aromatic N) is 2. The second kappa shape index (κ2) is 10.7. The van der Waals surface area contributed by atoms with Crippen LogP contribution in [0.3, 0.4) is 0 Å². The molecule has 3 aromatic carbocycles. The van der Waals surface area contributed by atoms with Crippen LogP contribution < -0.4 is 20.1 Å². The zero-order chi connectivity index (χ0) is 25.1. The minimum Gasteiger partial charge on any atom is -0.490 e. The van der Waals surface area contributed by atoms with Crippen LogP contribution in [-0.2, 0) is 11.4 Å². The largest absolute Gasteiger partial charge is 0.490 e. The minimum atomic E-state index is -0.572. The Morgan fingerprint density at radius 3 is 2.61 bits per heavy atom. The van der Waals surface area contributed by atoms with Crippen molar-refractivity contribution in [3.8, 4) is 11.5 Å². The van der Waals surface area contributed by atoms with Gasteiger partial charge in [-0.2, -0.15) is 0 Å². The number of hydrazone groups is 1. The van der Waals surface area contributed by atoms with Crippen molar-refractivity contribution >= 4 is 40.1 Å². The van der Waals surface area contributed by atoms with E-state index >= 15 is 0 Å². The molecule has 0 radical (unpaired) electrons. The third-order valence-corrected chi connectivity index (χ3v) is 6.94. The molecule has 36 heavy (non-hydrogen) atoms. The number of amides is 1. The van der Waals surface area contributed by atoms with Crippen molar-refractivity contribution in [3.05, 3.63) is 88.4 Å². The van der Waals surface area contributed by atoms with Gasteiger partial charge < -0.3 is 20.1 Å². The van der Waals surface area contributed by atoms with Gasteiger partial charge in [0.15, 0.2) is 22.7 Å². The molecule has 2 aliphatic rings. The number of thioether (sulfide) groups is 1. The summed E-state index contributed by atoms with van der Waals surface area (Å²) in [6.45, 7) is 4.76. The predicted molar refractivity (Wildman–Crippen MR) is 144 cm³/mol. The fourth-order valence-electron chi connectivity index (χ4n) is 4.37. The summed E-state index contributed by atoms with van der Waals surface area (Å²) in [5.74, 6) is 1.71. The zero-order valence-electron chi connectivity index (χ0n) is 20.0. The lowest BCUT2D eigenvalue weighted by atomic mass is 9.97. The number of carbonyl (C=O) groups excluding carboxylic acids is 1. The number of fused-ring (bicyclic) bond motifs is 3. The number of rotatable bonds is 7. The smallest absolute Gasteiger partial charge is 0.255 e. The number of halogens is 1. The molecule has 186 valence electrons. The molecular formula is C27H27ClN4O3S. The Hall–Kier alpha value is -3.36. The molecule has 0 aromatic heterocycles. The molecule has 5 rings (SSSR count). The maximum atomic E-state index is 13.2. The van der Waals surface area contributed by atoms with E-state index in [1.807, 2.05) is 85.6 Å². The van der Waals surface area contributed by atoms with Crippen LogP contribution in [0.5, 0.6) is 11.5 Å². The number of amidine groups is 1. The van der Waals surface area contributed by atoms with E-state index in [2.05, 4.69) is 10.6 Å². The second-order valence-electron chi connectivity index (χ2n) is 8.28. The van der Waals surface area contributed by atoms with E-state index in [-0.39, 0.29) is 5.91 Å². The van der Waals surface area contributed by atoms with Gasteiger partial charge >= 0.3 is 0 Å². The Morgan fingerprint density at radius 2 is 1.83 bits per heavy atom. The lowest BCUT2D eigenvalue weighted by Crippen LogP contribution is -2.50. The average Bonchev–Trinajstić information content (AvgIpc) is 2.88. The monoisotopic (exact) mass is 522 g/mol. The molecule has 2 aliphatic heterocycles. The van der Waals surface area contributed by atoms with Crippen LogP contribution in [0, 0.1) is 0 Å². The summed E-state index contributed by atoms with van der Waals surface area (Å²) in [5, 5.41) is 14.1. The number of hydrogen-bond donors (Lipinski definition) is 2. The van der Waals surface area contributed by atoms with Gasteiger partial charge in [0.1, 0.15) is 12.8 Å². The summed E-state index contributed by atoms with van der Waals surface area (Å²) in [5.41, 5.74) is 3.59. The summed E-state index contributed by atoms with van der Waals surface area (Å²) in [4.78, 5) is 13.2. The number of carbonyl (C=O) groups is 1. The molecular weight excluding hydrogens is 496 g/mol. The van der Waals surface area contributed by atoms with Crippen LogP contribution in [0.2, 0.25) is 5.02 Å². The van der Waals surface area contributed by atoms with E-state index in [0.29, 0.717) is 34.9 Å². The molecule has 2 N–H and O–H groups in total. The lowest BCUT2D eigenvalue weighted by molar-refractivity contribution is -0.127. The fourth-order valence-corrected chi connectivity index (χ4v) is 5.24. The first-order valence-electron chi connectivity index (χ1n) is 11.9. The molecule has 0 saturated carbocycles. The Kier molecular flexibility index (Phi) is 7.25. The van der Waals surface area contributed by atoms with Gasteiger partial charge in [-0.3, -0.25) is 9.80 Å². The van der Waals surface area contributed by atoms with Crippen LogP contribution in [0.25, 0.3) is 0 Å². The maximum absolute atomic E-state index is 13.2. The topological polar surface area (TPSA) is 75.2 Å². The molecule has 0 fully saturated rings. The number of anilines is 1. The molecule has 3 aromatic rings. The summed E-state index contributed by atoms with van der Waals surface area (Å²) >= 11 is 8.26. The molecule has 2 atom stereocenters. The summed E-state index contributed by atoms with van der Waals surface area (Å²) in [6, 6.07) is 20.9. The van der Waals surface area contributed by atoms with Crippen molar-refractivity contribution in [3.63, 3.8) is 0 Å². The van der Waals surface area contributed by atoms with Crippen molar-refractivity contribution in [2.45, 2.75) is 32.7 Å². The standard InChI is InChI=1S/C27H27ClN4O3S/c1-3-34-22-15-18(14-20(28)24(22)35-16-17-10-6-5-7-11-17)25-29-21-13-9-8-12-19(21)23-26(33)30-27(36-4-2)31-32(23)25/h5-15,23,25,29H,3-4,16H2,1-2H3,(H,30,31,33)/t23-,25+/m0/s1. The first-order chi connectivity index (χ1) is 17.6. The van der Waals surface area contributed by atoms with Crippen molar-refractivity contribution in [2.75, 3.05) is 17.7 Å². The third kappa shape index (κ3) is 4.83. The van der Waals surface area contributed by atoms with Crippen molar-refractivity contribution in [1.82, 2.24) is 10.3 Å². The van der Waals surface area contributed by atoms with E-state index in [9.17, 15) is 4.79 Å². The van der Waals surface area contributed by atoms with E-state index in [1.54, 1.807) is 0 Å². The van der Waals surface area contributed by atoms with E-state index in [1.165, 1.54) is 11.8 Å². The lowest BCUT2D eigenvalue weighted by Gasteiger charge is -2.43. The molecule has 0 aliphatic carbocycles. The van der Waals surface area contributed by atoms with Gasteiger partial charge in [0.25, 0.3) is 5.91 Å². The van der Waals surface area contributed by atoms with Gasteiger partial charge in [0.05, 0.1) is 11.6 Å². The van der Waals surface area contributed by atoms with Gasteiger partial charge in [0.2, 0.25) is 0 Å². The summed E-state index contributed by atoms with van der Waals surface area (Å²) in [6.07, 6.45) is -0.441. The molecule has 0 unspecified atom stereocenters. The first kappa shape index (κ1) is 24.3. The van der Waals surface area contributed by atoms with Gasteiger partial charge in [-0.15, -0.1) is 5.10 Å². The Morgan fingerprint density at radius 1 is 1.06 bits per heavy atom. The molecule has 0 spiro atoms. The molecule has 9 heteroatoms. The normalized spacial score (nSPS) is 18.4. The number of para-hydroxylation sites is 1. The van der Waals surface area contributed by atoms with Gasteiger partial charge in [0, 0.05) is 16.8 Å². The van der Waals surface area contributed by atoms with E-state index in [4.69, 9.17) is 26.2 Å². The third-order valence-electron chi connectivity index (χ3n) is 5.92. The molecule has 1 amide bonds. The highest BCUT2D eigenvalue weighted by atomic mass is 35.5. The van der Waals surface area contributed by atoms with Crippen LogP contribution in [0.4, 0.5) is 5.69 Å². The van der Waals surface area contributed by atoms with Crippen LogP contribution >= 0.6 is 23.4 Å². The zero-order valence-corrected chi connectivity index (χ0v) is 21.6. The number of hydrogen-bond acceptors (Lipinski definition) is 7. The summed E-state index contributed by atoms with van der Waals surface area (Å²) < 4.78 is 12.0. The minimum absolute atomic E-state index is 0.112. The molecule has 0 bridgehead atoms. The number of ether oxygens (including phenoxy) is 2. The van der Waals surface area contributed by atoms with Gasteiger partial charge in [-0.1, -0.05) is 78.8 Å². The predicted octanol–water partition coefficient (Wildman–Crippen LogP) is 5.94. The van der Waals surface area contributed by atoms with Crippen LogP contribution in [-0.4, -0.2) is 28.4 Å². The SMILES string of the molecule is CCOc1cc([C@@H]2Nc3ccccc3[C@H]3C(=O)NC(SCC)=NN32)cc(Cl)c1OCc1ccccc1. The highest BCUT2D eigenvalue weighted by Gasteiger charge is 2.42. The average molecular weight is 523 g/mol. The maximum Gasteiger partial charge on any atom is 0.255 e. The molecule has 2 heterocycles. The highest BCUT2D eigenvalue weighted by molar-refractivity contribution is 8.13. The molecule has 0 saturated heterocycles. The van der Waals surface area contributed by atoms with Crippen molar-refractivity contribution < 1.29 is 14.3 Å². The molecule has 7 nitrogen and oxygen atoms in total. The number of benzene rings is 3.